The molecule has 24 heteroatoms. The normalized spacial score (nSPS) is 16.6. The highest BCUT2D eigenvalue weighted by Crippen LogP contribution is 2.20. The van der Waals surface area contributed by atoms with Crippen molar-refractivity contribution in [2.24, 2.45) is 28.1 Å². The lowest BCUT2D eigenvalue weighted by Gasteiger charge is -2.30. The Bertz CT molecular complexity index is 2010. The molecule has 3 rings (SSSR count). The lowest BCUT2D eigenvalue weighted by molar-refractivity contribution is -0.145. The van der Waals surface area contributed by atoms with Crippen LogP contribution >= 0.6 is 0 Å². The van der Waals surface area contributed by atoms with Crippen LogP contribution in [0.4, 0.5) is 0 Å². The Hall–Kier alpha value is -7.11. The van der Waals surface area contributed by atoms with E-state index in [-0.39, 0.29) is 51.2 Å². The van der Waals surface area contributed by atoms with Gasteiger partial charge >= 0.3 is 11.9 Å². The number of amides is 7. The van der Waals surface area contributed by atoms with Crippen LogP contribution in [0, 0.1) is 5.92 Å². The van der Waals surface area contributed by atoms with Crippen molar-refractivity contribution in [2.75, 3.05) is 13.1 Å². The molecule has 65 heavy (non-hydrogen) atoms. The van der Waals surface area contributed by atoms with Crippen molar-refractivity contribution in [1.82, 2.24) is 46.8 Å². The molecule has 0 aliphatic carbocycles. The van der Waals surface area contributed by atoms with Gasteiger partial charge in [0.15, 0.2) is 5.96 Å². The molecule has 1 aromatic carbocycles. The van der Waals surface area contributed by atoms with Crippen molar-refractivity contribution in [1.29, 1.82) is 0 Å². The summed E-state index contributed by atoms with van der Waals surface area (Å²) >= 11 is 0. The fourth-order valence-electron chi connectivity index (χ4n) is 6.83. The molecule has 356 valence electrons. The minimum absolute atomic E-state index is 0.0155. The average molecular weight is 912 g/mol. The van der Waals surface area contributed by atoms with Gasteiger partial charge in [-0.15, -0.1) is 0 Å². The van der Waals surface area contributed by atoms with Gasteiger partial charge < -0.3 is 69.2 Å². The standard InChI is InChI=1S/C41H61N13O11/c1-21(2)32(53-36(60)27(12-8-14-46-41(43)44)50-35(59)26(42)18-31(55)56)38(62)49-22(3)33(57)48-23(4)34(58)51-28(17-25-19-45-20-47-25)39(63)54-15-9-13-30(54)37(61)52-29(40(64)65)16-24-10-6-5-7-11-24/h5-7,10-11,19-23,26-30,32H,8-9,12-18,42H2,1-4H3,(H,45,47)(H,48,57)(H,49,62)(H,50,59)(H,51,58)(H,52,61)(H,53,60)(H,55,56)(H,64,65)(H4,43,44,46)/t22-,23-,26-,27-,28-,29-,30-,32-/m0/s1. The van der Waals surface area contributed by atoms with E-state index in [1.165, 1.54) is 31.3 Å². The Morgan fingerprint density at radius 3 is 2.02 bits per heavy atom. The second kappa shape index (κ2) is 25.3. The van der Waals surface area contributed by atoms with E-state index in [2.05, 4.69) is 46.9 Å². The topological polar surface area (TPSA) is 389 Å². The van der Waals surface area contributed by atoms with Gasteiger partial charge in [-0.2, -0.15) is 0 Å². The molecule has 0 saturated carbocycles. The van der Waals surface area contributed by atoms with Crippen LogP contribution in [0.3, 0.4) is 0 Å². The monoisotopic (exact) mass is 911 g/mol. The Kier molecular flexibility index (Phi) is 20.3. The van der Waals surface area contributed by atoms with Gasteiger partial charge in [0.05, 0.1) is 18.8 Å². The van der Waals surface area contributed by atoms with Crippen molar-refractivity contribution in [2.45, 2.75) is 121 Å². The van der Waals surface area contributed by atoms with Crippen molar-refractivity contribution in [3.05, 3.63) is 54.1 Å². The number of carboxylic acid groups (broad SMARTS) is 2. The SMILES string of the molecule is CC(C)[C@H](NC(=O)[C@H](CCCN=C(N)N)NC(=O)[C@@H](N)CC(=O)O)C(=O)N[C@@H](C)C(=O)N[C@@H](C)C(=O)N[C@@H](Cc1cnc[nH]1)C(=O)N1CCC[C@H]1C(=O)N[C@@H](Cc1ccccc1)C(=O)O. The molecule has 15 N–H and O–H groups in total. The lowest BCUT2D eigenvalue weighted by atomic mass is 10.0. The maximum Gasteiger partial charge on any atom is 0.326 e. The summed E-state index contributed by atoms with van der Waals surface area (Å²) in [7, 11) is 0. The summed E-state index contributed by atoms with van der Waals surface area (Å²) in [6, 6.07) is -1.32. The molecule has 0 unspecified atom stereocenters. The number of hydrogen-bond acceptors (Lipinski definition) is 12. The number of nitrogens with zero attached hydrogens (tertiary/aromatic N) is 3. The minimum atomic E-state index is -1.47. The highest BCUT2D eigenvalue weighted by molar-refractivity contribution is 5.98. The van der Waals surface area contributed by atoms with Crippen LogP contribution < -0.4 is 49.1 Å². The molecule has 2 heterocycles. The molecular formula is C41H61N13O11. The summed E-state index contributed by atoms with van der Waals surface area (Å²) in [4.78, 5) is 129. The molecule has 0 spiro atoms. The minimum Gasteiger partial charge on any atom is -0.481 e. The number of carbonyl (C=O) groups is 9. The third-order valence-electron chi connectivity index (χ3n) is 10.4. The highest BCUT2D eigenvalue weighted by atomic mass is 16.4. The summed E-state index contributed by atoms with van der Waals surface area (Å²) in [5.41, 5.74) is 17.6. The number of carboxylic acids is 2. The first-order chi connectivity index (χ1) is 30.7. The number of nitrogens with two attached hydrogens (primary N) is 3. The van der Waals surface area contributed by atoms with Crippen LogP contribution in [0.25, 0.3) is 0 Å². The Morgan fingerprint density at radius 1 is 0.800 bits per heavy atom. The summed E-state index contributed by atoms with van der Waals surface area (Å²) in [5, 5.41) is 34.1. The van der Waals surface area contributed by atoms with Crippen LogP contribution in [0.1, 0.15) is 71.1 Å². The summed E-state index contributed by atoms with van der Waals surface area (Å²) < 4.78 is 0. The smallest absolute Gasteiger partial charge is 0.326 e. The number of guanidine groups is 1. The number of H-pyrrole nitrogens is 1. The van der Waals surface area contributed by atoms with Crippen LogP contribution in [-0.2, 0) is 56.0 Å². The zero-order chi connectivity index (χ0) is 48.4. The predicted octanol–water partition coefficient (Wildman–Crippen LogP) is -3.27. The zero-order valence-electron chi connectivity index (χ0n) is 36.7. The predicted molar refractivity (Wildman–Crippen MR) is 233 cm³/mol. The molecule has 0 radical (unpaired) electrons. The first-order valence-electron chi connectivity index (χ1n) is 21.1. The number of benzene rings is 1. The van der Waals surface area contributed by atoms with Gasteiger partial charge in [-0.25, -0.2) is 9.78 Å². The maximum absolute atomic E-state index is 14.1. The molecule has 8 atom stereocenters. The summed E-state index contributed by atoms with van der Waals surface area (Å²) in [6.45, 7) is 6.17. The van der Waals surface area contributed by atoms with Crippen LogP contribution in [0.2, 0.25) is 0 Å². The zero-order valence-corrected chi connectivity index (χ0v) is 36.7. The number of aliphatic imine (C=N–C) groups is 1. The Balaban J connectivity index is 1.67. The molecule has 1 fully saturated rings. The first-order valence-corrected chi connectivity index (χ1v) is 21.1. The third-order valence-corrected chi connectivity index (χ3v) is 10.4. The molecule has 1 aliphatic heterocycles. The second-order valence-electron chi connectivity index (χ2n) is 16.0. The molecule has 1 aliphatic rings. The van der Waals surface area contributed by atoms with Crippen molar-refractivity contribution < 1.29 is 53.4 Å². The number of hydrogen-bond donors (Lipinski definition) is 12. The number of aromatic nitrogens is 2. The van der Waals surface area contributed by atoms with Gasteiger partial charge in [-0.05, 0) is 51.0 Å². The molecule has 7 amide bonds. The maximum atomic E-state index is 14.1. The van der Waals surface area contributed by atoms with Crippen molar-refractivity contribution >= 4 is 59.2 Å². The van der Waals surface area contributed by atoms with E-state index in [0.29, 0.717) is 17.7 Å². The fourth-order valence-corrected chi connectivity index (χ4v) is 6.83. The van der Waals surface area contributed by atoms with Gasteiger partial charge in [0.25, 0.3) is 0 Å². The van der Waals surface area contributed by atoms with E-state index in [0.717, 1.165) is 0 Å². The van der Waals surface area contributed by atoms with Crippen molar-refractivity contribution in [3.63, 3.8) is 0 Å². The molecule has 0 bridgehead atoms. The van der Waals surface area contributed by atoms with Gasteiger partial charge in [0.1, 0.15) is 42.3 Å². The molecular weight excluding hydrogens is 851 g/mol. The van der Waals surface area contributed by atoms with Gasteiger partial charge in [-0.1, -0.05) is 44.2 Å². The number of aromatic amines is 1. The second-order valence-corrected chi connectivity index (χ2v) is 16.0. The van der Waals surface area contributed by atoms with Crippen LogP contribution in [0.15, 0.2) is 47.8 Å². The van der Waals surface area contributed by atoms with Crippen LogP contribution in [-0.4, -0.2) is 146 Å². The number of aliphatic carboxylic acids is 2. The number of nitrogens with one attached hydrogen (secondary N) is 7. The van der Waals surface area contributed by atoms with Gasteiger partial charge in [0, 0.05) is 37.8 Å². The Labute approximate surface area is 375 Å². The largest absolute Gasteiger partial charge is 0.481 e. The van der Waals surface area contributed by atoms with Gasteiger partial charge in [-0.3, -0.25) is 43.3 Å². The van der Waals surface area contributed by atoms with Crippen LogP contribution in [0.5, 0.6) is 0 Å². The van der Waals surface area contributed by atoms with Crippen molar-refractivity contribution in [3.8, 4) is 0 Å². The lowest BCUT2D eigenvalue weighted by Crippen LogP contribution is -2.60. The number of rotatable bonds is 25. The highest BCUT2D eigenvalue weighted by Gasteiger charge is 2.40. The molecule has 2 aromatic rings. The quantitative estimate of drug-likeness (QED) is 0.0264. The van der Waals surface area contributed by atoms with E-state index in [1.54, 1.807) is 44.2 Å². The van der Waals surface area contributed by atoms with E-state index < -0.39 is 114 Å². The molecule has 1 saturated heterocycles. The summed E-state index contributed by atoms with van der Waals surface area (Å²) in [6.07, 6.45) is 2.92. The number of likely N-dealkylation sites (tertiary alicyclic amines) is 1. The Morgan fingerprint density at radius 2 is 1.43 bits per heavy atom. The van der Waals surface area contributed by atoms with E-state index in [9.17, 15) is 48.3 Å². The first kappa shape index (κ1) is 52.2. The summed E-state index contributed by atoms with van der Waals surface area (Å²) in [5.74, 6) is -8.73. The average Bonchev–Trinajstić information content (AvgIpc) is 3.96. The van der Waals surface area contributed by atoms with E-state index in [4.69, 9.17) is 22.3 Å². The fraction of sp³-hybridized carbons (Fsp3) is 0.537. The van der Waals surface area contributed by atoms with E-state index in [1.807, 2.05) is 0 Å². The number of carbonyl (C=O) groups excluding carboxylic acids is 7. The van der Waals surface area contributed by atoms with E-state index >= 15 is 0 Å². The molecule has 24 nitrogen and oxygen atoms in total. The number of imidazole rings is 1. The molecule has 1 aromatic heterocycles. The van der Waals surface area contributed by atoms with Gasteiger partial charge in [0.2, 0.25) is 41.4 Å². The third kappa shape index (κ3) is 16.8.